The summed E-state index contributed by atoms with van der Waals surface area (Å²) in [5, 5.41) is 9.36. The molecule has 3 nitrogen and oxygen atoms in total. The van der Waals surface area contributed by atoms with E-state index in [1.807, 2.05) is 6.92 Å². The summed E-state index contributed by atoms with van der Waals surface area (Å²) in [6.07, 6.45) is 4.18. The SMILES string of the molecule is CCC1(C(=O)O)CCN(C(C)C2(C)CC2)C1. The van der Waals surface area contributed by atoms with Crippen molar-refractivity contribution in [1.29, 1.82) is 0 Å². The molecule has 2 atom stereocenters. The molecule has 0 spiro atoms. The smallest absolute Gasteiger partial charge is 0.310 e. The number of carboxylic acid groups (broad SMARTS) is 1. The van der Waals surface area contributed by atoms with Gasteiger partial charge in [0.15, 0.2) is 0 Å². The predicted octanol–water partition coefficient (Wildman–Crippen LogP) is 2.36. The number of rotatable bonds is 4. The first-order valence-electron chi connectivity index (χ1n) is 6.41. The third-order valence-electron chi connectivity index (χ3n) is 5.11. The third-order valence-corrected chi connectivity index (χ3v) is 5.11. The molecule has 0 bridgehead atoms. The minimum absolute atomic E-state index is 0.461. The molecule has 0 amide bonds. The molecule has 3 heteroatoms. The van der Waals surface area contributed by atoms with Crippen molar-refractivity contribution in [2.45, 2.75) is 52.5 Å². The van der Waals surface area contributed by atoms with E-state index in [2.05, 4.69) is 18.7 Å². The van der Waals surface area contributed by atoms with E-state index in [1.165, 1.54) is 12.8 Å². The first kappa shape index (κ1) is 11.9. The Morgan fingerprint density at radius 2 is 2.06 bits per heavy atom. The second-order valence-electron chi connectivity index (χ2n) is 5.99. The van der Waals surface area contributed by atoms with Crippen LogP contribution in [0.1, 0.15) is 46.5 Å². The molecular weight excluding hydrogens is 202 g/mol. The van der Waals surface area contributed by atoms with Crippen molar-refractivity contribution in [3.8, 4) is 0 Å². The van der Waals surface area contributed by atoms with Gasteiger partial charge in [-0.1, -0.05) is 13.8 Å². The number of aliphatic carboxylic acids is 1. The van der Waals surface area contributed by atoms with Crippen LogP contribution in [0.3, 0.4) is 0 Å². The van der Waals surface area contributed by atoms with Crippen molar-refractivity contribution >= 4 is 5.97 Å². The van der Waals surface area contributed by atoms with Gasteiger partial charge in [-0.15, -0.1) is 0 Å². The van der Waals surface area contributed by atoms with E-state index in [0.717, 1.165) is 25.9 Å². The number of nitrogens with zero attached hydrogens (tertiary/aromatic N) is 1. The second-order valence-corrected chi connectivity index (χ2v) is 5.99. The summed E-state index contributed by atoms with van der Waals surface area (Å²) >= 11 is 0. The lowest BCUT2D eigenvalue weighted by Gasteiger charge is -2.31. The van der Waals surface area contributed by atoms with Crippen LogP contribution in [0, 0.1) is 10.8 Å². The van der Waals surface area contributed by atoms with Gasteiger partial charge < -0.3 is 5.11 Å². The lowest BCUT2D eigenvalue weighted by Crippen LogP contribution is -2.40. The first-order valence-corrected chi connectivity index (χ1v) is 6.41. The van der Waals surface area contributed by atoms with E-state index in [1.54, 1.807) is 0 Å². The highest BCUT2D eigenvalue weighted by atomic mass is 16.4. The Hall–Kier alpha value is -0.570. The molecule has 0 radical (unpaired) electrons. The Balaban J connectivity index is 2.04. The van der Waals surface area contributed by atoms with Crippen molar-refractivity contribution in [2.24, 2.45) is 10.8 Å². The summed E-state index contributed by atoms with van der Waals surface area (Å²) in [4.78, 5) is 13.8. The number of hydrogen-bond acceptors (Lipinski definition) is 2. The maximum atomic E-state index is 11.4. The van der Waals surface area contributed by atoms with E-state index in [9.17, 15) is 9.90 Å². The van der Waals surface area contributed by atoms with Crippen molar-refractivity contribution in [3.05, 3.63) is 0 Å². The highest BCUT2D eigenvalue weighted by Gasteiger charge is 2.50. The number of carbonyl (C=O) groups is 1. The standard InChI is InChI=1S/C13H23NO2/c1-4-13(11(15)16)7-8-14(9-13)10(2)12(3)5-6-12/h10H,4-9H2,1-3H3,(H,15,16). The van der Waals surface area contributed by atoms with Crippen LogP contribution in [0.25, 0.3) is 0 Å². The highest BCUT2D eigenvalue weighted by molar-refractivity contribution is 5.75. The molecule has 1 aliphatic heterocycles. The monoisotopic (exact) mass is 225 g/mol. The Morgan fingerprint density at radius 1 is 1.44 bits per heavy atom. The summed E-state index contributed by atoms with van der Waals surface area (Å²) in [7, 11) is 0. The summed E-state index contributed by atoms with van der Waals surface area (Å²) in [6, 6.07) is 0.542. The summed E-state index contributed by atoms with van der Waals surface area (Å²) in [6.45, 7) is 8.29. The van der Waals surface area contributed by atoms with Gasteiger partial charge in [0.05, 0.1) is 5.41 Å². The van der Waals surface area contributed by atoms with Gasteiger partial charge >= 0.3 is 5.97 Å². The molecule has 92 valence electrons. The third kappa shape index (κ3) is 1.75. The zero-order valence-corrected chi connectivity index (χ0v) is 10.6. The molecule has 2 rings (SSSR count). The van der Waals surface area contributed by atoms with Gasteiger partial charge in [-0.2, -0.15) is 0 Å². The Bertz CT molecular complexity index is 298. The average molecular weight is 225 g/mol. The van der Waals surface area contributed by atoms with Crippen LogP contribution in [0.4, 0.5) is 0 Å². The Labute approximate surface area is 97.8 Å². The van der Waals surface area contributed by atoms with Crippen LogP contribution in [0.15, 0.2) is 0 Å². The number of likely N-dealkylation sites (tertiary alicyclic amines) is 1. The van der Waals surface area contributed by atoms with Crippen LogP contribution >= 0.6 is 0 Å². The fourth-order valence-electron chi connectivity index (χ4n) is 2.91. The highest BCUT2D eigenvalue weighted by Crippen LogP contribution is 2.51. The molecule has 0 aromatic carbocycles. The lowest BCUT2D eigenvalue weighted by molar-refractivity contribution is -0.148. The molecule has 16 heavy (non-hydrogen) atoms. The van der Waals surface area contributed by atoms with Crippen LogP contribution < -0.4 is 0 Å². The maximum absolute atomic E-state index is 11.4. The maximum Gasteiger partial charge on any atom is 0.310 e. The molecule has 2 aliphatic rings. The van der Waals surface area contributed by atoms with Crippen LogP contribution in [0.2, 0.25) is 0 Å². The van der Waals surface area contributed by atoms with Crippen molar-refractivity contribution in [2.75, 3.05) is 13.1 Å². The molecule has 2 fully saturated rings. The van der Waals surface area contributed by atoms with Crippen LogP contribution in [-0.2, 0) is 4.79 Å². The minimum atomic E-state index is -0.606. The van der Waals surface area contributed by atoms with Crippen molar-refractivity contribution in [1.82, 2.24) is 4.90 Å². The van der Waals surface area contributed by atoms with Crippen LogP contribution in [-0.4, -0.2) is 35.1 Å². The fraction of sp³-hybridized carbons (Fsp3) is 0.923. The zero-order valence-electron chi connectivity index (χ0n) is 10.6. The molecule has 1 aliphatic carbocycles. The summed E-state index contributed by atoms with van der Waals surface area (Å²) in [5.74, 6) is -0.606. The molecule has 1 saturated heterocycles. The lowest BCUT2D eigenvalue weighted by atomic mass is 9.84. The van der Waals surface area contributed by atoms with Gasteiger partial charge in [-0.25, -0.2) is 0 Å². The van der Waals surface area contributed by atoms with Crippen molar-refractivity contribution < 1.29 is 9.90 Å². The quantitative estimate of drug-likeness (QED) is 0.798. The average Bonchev–Trinajstić information content (AvgIpc) is 2.84. The first-order chi connectivity index (χ1) is 7.43. The second kappa shape index (κ2) is 3.73. The van der Waals surface area contributed by atoms with Gasteiger partial charge in [0.1, 0.15) is 0 Å². The fourth-order valence-corrected chi connectivity index (χ4v) is 2.91. The van der Waals surface area contributed by atoms with E-state index in [-0.39, 0.29) is 0 Å². The van der Waals surface area contributed by atoms with Gasteiger partial charge in [0.2, 0.25) is 0 Å². The Kier molecular flexibility index (Phi) is 2.77. The van der Waals surface area contributed by atoms with Gasteiger partial charge in [-0.3, -0.25) is 9.69 Å². The molecule has 1 N–H and O–H groups in total. The van der Waals surface area contributed by atoms with Crippen molar-refractivity contribution in [3.63, 3.8) is 0 Å². The molecular formula is C13H23NO2. The molecule has 1 heterocycles. The number of carboxylic acids is 1. The Morgan fingerprint density at radius 3 is 2.44 bits per heavy atom. The van der Waals surface area contributed by atoms with E-state index in [4.69, 9.17) is 0 Å². The van der Waals surface area contributed by atoms with Gasteiger partial charge in [0.25, 0.3) is 0 Å². The minimum Gasteiger partial charge on any atom is -0.481 e. The largest absolute Gasteiger partial charge is 0.481 e. The normalized spacial score (nSPS) is 34.9. The number of hydrogen-bond donors (Lipinski definition) is 1. The van der Waals surface area contributed by atoms with Gasteiger partial charge in [0, 0.05) is 12.6 Å². The van der Waals surface area contributed by atoms with Gasteiger partial charge in [-0.05, 0) is 44.6 Å². The van der Waals surface area contributed by atoms with E-state index < -0.39 is 11.4 Å². The van der Waals surface area contributed by atoms with Crippen LogP contribution in [0.5, 0.6) is 0 Å². The zero-order chi connectivity index (χ0) is 12.0. The molecule has 0 aromatic rings. The predicted molar refractivity (Wildman–Crippen MR) is 63.4 cm³/mol. The molecule has 2 unspecified atom stereocenters. The van der Waals surface area contributed by atoms with E-state index in [0.29, 0.717) is 11.5 Å². The van der Waals surface area contributed by atoms with E-state index >= 15 is 0 Å². The molecule has 0 aromatic heterocycles. The summed E-state index contributed by atoms with van der Waals surface area (Å²) < 4.78 is 0. The summed E-state index contributed by atoms with van der Waals surface area (Å²) in [5.41, 5.74) is -0.0121. The molecule has 1 saturated carbocycles. The topological polar surface area (TPSA) is 40.5 Å².